The Hall–Kier alpha value is -1.55. The van der Waals surface area contributed by atoms with E-state index in [1.165, 1.54) is 0 Å². The van der Waals surface area contributed by atoms with Crippen LogP contribution in [0, 0.1) is 0 Å². The van der Waals surface area contributed by atoms with Crippen molar-refractivity contribution in [3.8, 4) is 0 Å². The largest absolute Gasteiger partial charge is 0.399 e. The Morgan fingerprint density at radius 2 is 2.11 bits per heavy atom. The number of nitrogens with one attached hydrogen (secondary N) is 1. The van der Waals surface area contributed by atoms with Crippen LogP contribution in [0.1, 0.15) is 24.8 Å². The van der Waals surface area contributed by atoms with E-state index in [1.807, 2.05) is 24.3 Å². The first kappa shape index (κ1) is 12.9. The van der Waals surface area contributed by atoms with Crippen LogP contribution in [-0.2, 0) is 16.0 Å². The molecule has 0 heterocycles. The van der Waals surface area contributed by atoms with Gasteiger partial charge in [-0.25, -0.2) is 0 Å². The monoisotopic (exact) mass is 248 g/mol. The summed E-state index contributed by atoms with van der Waals surface area (Å²) in [5, 5.41) is 3.05. The molecule has 0 saturated heterocycles. The topological polar surface area (TPSA) is 64.3 Å². The summed E-state index contributed by atoms with van der Waals surface area (Å²) in [4.78, 5) is 11.9. The van der Waals surface area contributed by atoms with Crippen molar-refractivity contribution in [1.82, 2.24) is 5.32 Å². The van der Waals surface area contributed by atoms with Crippen molar-refractivity contribution in [2.45, 2.75) is 37.8 Å². The van der Waals surface area contributed by atoms with Crippen LogP contribution in [0.2, 0.25) is 0 Å². The number of methoxy groups -OCH3 is 1. The van der Waals surface area contributed by atoms with Crippen LogP contribution in [0.25, 0.3) is 0 Å². The van der Waals surface area contributed by atoms with E-state index >= 15 is 0 Å². The maximum Gasteiger partial charge on any atom is 0.224 e. The second-order valence-corrected chi connectivity index (χ2v) is 4.80. The Kier molecular flexibility index (Phi) is 4.20. The summed E-state index contributed by atoms with van der Waals surface area (Å²) in [6.45, 7) is 0. The quantitative estimate of drug-likeness (QED) is 0.794. The third-order valence-corrected chi connectivity index (χ3v) is 3.45. The highest BCUT2D eigenvalue weighted by Gasteiger charge is 2.28. The molecule has 2 atom stereocenters. The summed E-state index contributed by atoms with van der Waals surface area (Å²) in [6, 6.07) is 7.57. The number of carbonyl (C=O) groups excluding carboxylic acids is 1. The number of hydrogen-bond donors (Lipinski definition) is 2. The van der Waals surface area contributed by atoms with E-state index in [9.17, 15) is 4.79 Å². The van der Waals surface area contributed by atoms with E-state index in [1.54, 1.807) is 7.11 Å². The van der Waals surface area contributed by atoms with Gasteiger partial charge in [0.25, 0.3) is 0 Å². The van der Waals surface area contributed by atoms with Gasteiger partial charge in [-0.2, -0.15) is 0 Å². The zero-order chi connectivity index (χ0) is 13.0. The maximum atomic E-state index is 11.9. The number of hydrogen-bond acceptors (Lipinski definition) is 3. The fraction of sp³-hybridized carbons (Fsp3) is 0.500. The summed E-state index contributed by atoms with van der Waals surface area (Å²) < 4.78 is 5.36. The standard InChI is InChI=1S/C14H20N2O2/c1-18-13-4-2-3-12(13)16-14(17)9-10-5-7-11(15)8-6-10/h5-8,12-13H,2-4,9,15H2,1H3,(H,16,17). The molecule has 1 aliphatic rings. The van der Waals surface area contributed by atoms with Crippen molar-refractivity contribution in [2.75, 3.05) is 12.8 Å². The number of nitrogen functional groups attached to an aromatic ring is 1. The molecule has 18 heavy (non-hydrogen) atoms. The lowest BCUT2D eigenvalue weighted by atomic mass is 10.1. The Balaban J connectivity index is 1.86. The van der Waals surface area contributed by atoms with Gasteiger partial charge in [-0.05, 0) is 37.0 Å². The van der Waals surface area contributed by atoms with Crippen LogP contribution >= 0.6 is 0 Å². The summed E-state index contributed by atoms with van der Waals surface area (Å²) in [5.41, 5.74) is 7.31. The normalized spacial score (nSPS) is 22.9. The average Bonchev–Trinajstić information content (AvgIpc) is 2.79. The predicted molar refractivity (Wildman–Crippen MR) is 71.1 cm³/mol. The Morgan fingerprint density at radius 1 is 1.39 bits per heavy atom. The lowest BCUT2D eigenvalue weighted by Gasteiger charge is -2.19. The number of ether oxygens (including phenoxy) is 1. The van der Waals surface area contributed by atoms with Crippen molar-refractivity contribution in [3.05, 3.63) is 29.8 Å². The summed E-state index contributed by atoms with van der Waals surface area (Å²) >= 11 is 0. The van der Waals surface area contributed by atoms with E-state index in [0.717, 1.165) is 30.5 Å². The van der Waals surface area contributed by atoms with Gasteiger partial charge in [0, 0.05) is 12.8 Å². The molecule has 1 aliphatic carbocycles. The molecule has 2 unspecified atom stereocenters. The van der Waals surface area contributed by atoms with Crippen LogP contribution in [-0.4, -0.2) is 25.2 Å². The predicted octanol–water partition coefficient (Wildman–Crippen LogP) is 1.49. The van der Waals surface area contributed by atoms with Gasteiger partial charge in [-0.1, -0.05) is 12.1 Å². The van der Waals surface area contributed by atoms with Crippen LogP contribution in [0.5, 0.6) is 0 Å². The van der Waals surface area contributed by atoms with Crippen LogP contribution in [0.4, 0.5) is 5.69 Å². The first-order valence-electron chi connectivity index (χ1n) is 6.35. The van der Waals surface area contributed by atoms with Crippen molar-refractivity contribution in [3.63, 3.8) is 0 Å². The van der Waals surface area contributed by atoms with E-state index in [0.29, 0.717) is 6.42 Å². The first-order chi connectivity index (χ1) is 8.69. The summed E-state index contributed by atoms with van der Waals surface area (Å²) in [5.74, 6) is 0.0497. The van der Waals surface area contributed by atoms with Gasteiger partial charge in [0.05, 0.1) is 18.6 Å². The highest BCUT2D eigenvalue weighted by atomic mass is 16.5. The molecule has 4 nitrogen and oxygen atoms in total. The molecule has 4 heteroatoms. The fourth-order valence-corrected chi connectivity index (χ4v) is 2.45. The Labute approximate surface area is 108 Å². The minimum absolute atomic E-state index is 0.0497. The highest BCUT2D eigenvalue weighted by molar-refractivity contribution is 5.79. The van der Waals surface area contributed by atoms with Gasteiger partial charge in [-0.15, -0.1) is 0 Å². The van der Waals surface area contributed by atoms with E-state index in [-0.39, 0.29) is 18.1 Å². The first-order valence-corrected chi connectivity index (χ1v) is 6.35. The number of anilines is 1. The number of amides is 1. The Bertz CT molecular complexity index is 403. The van der Waals surface area contributed by atoms with Crippen LogP contribution in [0.3, 0.4) is 0 Å². The number of benzene rings is 1. The molecular formula is C14H20N2O2. The molecule has 1 fully saturated rings. The fourth-order valence-electron chi connectivity index (χ4n) is 2.45. The maximum absolute atomic E-state index is 11.9. The van der Waals surface area contributed by atoms with Crippen molar-refractivity contribution >= 4 is 11.6 Å². The molecule has 1 aromatic carbocycles. The van der Waals surface area contributed by atoms with E-state index in [2.05, 4.69) is 5.32 Å². The molecule has 0 radical (unpaired) electrons. The second-order valence-electron chi connectivity index (χ2n) is 4.80. The van der Waals surface area contributed by atoms with Gasteiger partial charge >= 0.3 is 0 Å². The molecule has 0 aliphatic heterocycles. The third-order valence-electron chi connectivity index (χ3n) is 3.45. The zero-order valence-corrected chi connectivity index (χ0v) is 10.7. The molecular weight excluding hydrogens is 228 g/mol. The smallest absolute Gasteiger partial charge is 0.224 e. The lowest BCUT2D eigenvalue weighted by Crippen LogP contribution is -2.41. The molecule has 0 aromatic heterocycles. The molecule has 0 bridgehead atoms. The highest BCUT2D eigenvalue weighted by Crippen LogP contribution is 2.21. The lowest BCUT2D eigenvalue weighted by molar-refractivity contribution is -0.121. The minimum atomic E-state index is 0.0497. The molecule has 2 rings (SSSR count). The van der Waals surface area contributed by atoms with Gasteiger partial charge < -0.3 is 15.8 Å². The van der Waals surface area contributed by atoms with Crippen molar-refractivity contribution < 1.29 is 9.53 Å². The van der Waals surface area contributed by atoms with Crippen molar-refractivity contribution in [1.29, 1.82) is 0 Å². The van der Waals surface area contributed by atoms with Gasteiger partial charge in [0.1, 0.15) is 0 Å². The zero-order valence-electron chi connectivity index (χ0n) is 10.7. The molecule has 0 spiro atoms. The van der Waals surface area contributed by atoms with Crippen LogP contribution in [0.15, 0.2) is 24.3 Å². The number of carbonyl (C=O) groups is 1. The SMILES string of the molecule is COC1CCCC1NC(=O)Cc1ccc(N)cc1. The molecule has 1 saturated carbocycles. The Morgan fingerprint density at radius 3 is 2.78 bits per heavy atom. The number of rotatable bonds is 4. The van der Waals surface area contributed by atoms with Gasteiger partial charge in [0.2, 0.25) is 5.91 Å². The second kappa shape index (κ2) is 5.87. The summed E-state index contributed by atoms with van der Waals surface area (Å²) in [6.07, 6.45) is 3.72. The molecule has 1 amide bonds. The minimum Gasteiger partial charge on any atom is -0.399 e. The molecule has 98 valence electrons. The summed E-state index contributed by atoms with van der Waals surface area (Å²) in [7, 11) is 1.70. The average molecular weight is 248 g/mol. The van der Waals surface area contributed by atoms with E-state index in [4.69, 9.17) is 10.5 Å². The van der Waals surface area contributed by atoms with E-state index < -0.39 is 0 Å². The van der Waals surface area contributed by atoms with Gasteiger partial charge in [0.15, 0.2) is 0 Å². The van der Waals surface area contributed by atoms with Crippen LogP contribution < -0.4 is 11.1 Å². The molecule has 3 N–H and O–H groups in total. The third kappa shape index (κ3) is 3.23. The molecule has 1 aromatic rings. The van der Waals surface area contributed by atoms with Crippen molar-refractivity contribution in [2.24, 2.45) is 0 Å². The number of nitrogens with two attached hydrogens (primary N) is 1. The van der Waals surface area contributed by atoms with Gasteiger partial charge in [-0.3, -0.25) is 4.79 Å².